The van der Waals surface area contributed by atoms with Gasteiger partial charge in [0.25, 0.3) is 0 Å². The third-order valence-corrected chi connectivity index (χ3v) is 3.60. The van der Waals surface area contributed by atoms with Gasteiger partial charge in [0.15, 0.2) is 0 Å². The van der Waals surface area contributed by atoms with Crippen molar-refractivity contribution in [3.8, 4) is 5.69 Å². The smallest absolute Gasteiger partial charge is 0.143 e. The molecule has 1 aromatic heterocycles. The molecule has 0 radical (unpaired) electrons. The Morgan fingerprint density at radius 3 is 2.48 bits per heavy atom. The van der Waals surface area contributed by atoms with E-state index < -0.39 is 0 Å². The lowest BCUT2D eigenvalue weighted by molar-refractivity contribution is 0.789. The molecular formula is C16H17N5. The number of benzene rings is 2. The van der Waals surface area contributed by atoms with Gasteiger partial charge < -0.3 is 5.32 Å². The Balaban J connectivity index is 1.86. The summed E-state index contributed by atoms with van der Waals surface area (Å²) in [5.41, 5.74) is 5.86. The van der Waals surface area contributed by atoms with Gasteiger partial charge in [0.05, 0.1) is 11.4 Å². The second-order valence-electron chi connectivity index (χ2n) is 5.00. The van der Waals surface area contributed by atoms with E-state index in [1.165, 1.54) is 16.7 Å². The van der Waals surface area contributed by atoms with Crippen LogP contribution in [0.25, 0.3) is 5.69 Å². The fourth-order valence-electron chi connectivity index (χ4n) is 2.41. The normalized spacial score (nSPS) is 10.6. The molecule has 0 amide bonds. The van der Waals surface area contributed by atoms with Gasteiger partial charge in [0, 0.05) is 6.54 Å². The van der Waals surface area contributed by atoms with Crippen molar-refractivity contribution in [1.29, 1.82) is 0 Å². The SMILES string of the molecule is Cc1cccc(C)c1CNc1ccccc1-n1cnnn1. The molecule has 0 spiro atoms. The second-order valence-corrected chi connectivity index (χ2v) is 5.00. The Morgan fingerprint density at radius 2 is 1.76 bits per heavy atom. The average Bonchev–Trinajstić information content (AvgIpc) is 3.01. The average molecular weight is 279 g/mol. The summed E-state index contributed by atoms with van der Waals surface area (Å²) in [5.74, 6) is 0. The molecule has 106 valence electrons. The monoisotopic (exact) mass is 279 g/mol. The van der Waals surface area contributed by atoms with Gasteiger partial charge in [-0.15, -0.1) is 5.10 Å². The fourth-order valence-corrected chi connectivity index (χ4v) is 2.41. The molecule has 0 fully saturated rings. The minimum atomic E-state index is 0.775. The molecular weight excluding hydrogens is 262 g/mol. The summed E-state index contributed by atoms with van der Waals surface area (Å²) in [5, 5.41) is 14.8. The van der Waals surface area contributed by atoms with Gasteiger partial charge in [-0.2, -0.15) is 4.68 Å². The lowest BCUT2D eigenvalue weighted by atomic mass is 10.0. The summed E-state index contributed by atoms with van der Waals surface area (Å²) in [6.07, 6.45) is 1.60. The van der Waals surface area contributed by atoms with Crippen LogP contribution in [0.4, 0.5) is 5.69 Å². The number of hydrogen-bond acceptors (Lipinski definition) is 4. The van der Waals surface area contributed by atoms with E-state index in [1.54, 1.807) is 11.0 Å². The molecule has 0 aliphatic carbocycles. The molecule has 5 nitrogen and oxygen atoms in total. The van der Waals surface area contributed by atoms with Gasteiger partial charge in [-0.3, -0.25) is 0 Å². The van der Waals surface area contributed by atoms with Crippen LogP contribution in [0, 0.1) is 13.8 Å². The van der Waals surface area contributed by atoms with Crippen molar-refractivity contribution in [3.05, 3.63) is 65.5 Å². The van der Waals surface area contributed by atoms with Crippen LogP contribution < -0.4 is 5.32 Å². The highest BCUT2D eigenvalue weighted by Gasteiger charge is 2.07. The highest BCUT2D eigenvalue weighted by molar-refractivity contribution is 5.60. The summed E-state index contributed by atoms with van der Waals surface area (Å²) in [6.45, 7) is 5.05. The van der Waals surface area contributed by atoms with E-state index in [1.807, 2.05) is 24.3 Å². The van der Waals surface area contributed by atoms with Gasteiger partial charge in [0.1, 0.15) is 6.33 Å². The van der Waals surface area contributed by atoms with Crippen molar-refractivity contribution in [3.63, 3.8) is 0 Å². The van der Waals surface area contributed by atoms with Gasteiger partial charge in [-0.05, 0) is 53.1 Å². The molecule has 0 unspecified atom stereocenters. The molecule has 0 aliphatic rings. The van der Waals surface area contributed by atoms with Crippen LogP contribution in [-0.4, -0.2) is 20.2 Å². The maximum absolute atomic E-state index is 3.95. The number of rotatable bonds is 4. The van der Waals surface area contributed by atoms with E-state index in [9.17, 15) is 0 Å². The molecule has 21 heavy (non-hydrogen) atoms. The van der Waals surface area contributed by atoms with Crippen molar-refractivity contribution in [2.75, 3.05) is 5.32 Å². The van der Waals surface area contributed by atoms with E-state index in [0.29, 0.717) is 0 Å². The molecule has 3 aromatic rings. The molecule has 2 aromatic carbocycles. The van der Waals surface area contributed by atoms with Gasteiger partial charge >= 0.3 is 0 Å². The molecule has 0 aliphatic heterocycles. The van der Waals surface area contributed by atoms with E-state index in [0.717, 1.165) is 17.9 Å². The first kappa shape index (κ1) is 13.3. The van der Waals surface area contributed by atoms with Crippen molar-refractivity contribution < 1.29 is 0 Å². The zero-order valence-electron chi connectivity index (χ0n) is 12.1. The van der Waals surface area contributed by atoms with Gasteiger partial charge in [0.2, 0.25) is 0 Å². The predicted octanol–water partition coefficient (Wildman–Crippen LogP) is 2.89. The Kier molecular flexibility index (Phi) is 3.64. The van der Waals surface area contributed by atoms with E-state index in [2.05, 4.69) is 52.9 Å². The number of hydrogen-bond donors (Lipinski definition) is 1. The molecule has 0 saturated heterocycles. The van der Waals surface area contributed by atoms with Crippen molar-refractivity contribution in [2.24, 2.45) is 0 Å². The highest BCUT2D eigenvalue weighted by Crippen LogP contribution is 2.21. The number of aryl methyl sites for hydroxylation is 2. The van der Waals surface area contributed by atoms with Crippen LogP contribution in [0.1, 0.15) is 16.7 Å². The Labute approximate surface area is 123 Å². The summed E-state index contributed by atoms with van der Waals surface area (Å²) in [4.78, 5) is 0. The molecule has 3 rings (SSSR count). The second kappa shape index (κ2) is 5.75. The first-order chi connectivity index (χ1) is 10.3. The maximum atomic E-state index is 3.95. The van der Waals surface area contributed by atoms with Crippen LogP contribution >= 0.6 is 0 Å². The Hall–Kier alpha value is -2.69. The van der Waals surface area contributed by atoms with Crippen LogP contribution in [0.15, 0.2) is 48.8 Å². The third-order valence-electron chi connectivity index (χ3n) is 3.60. The number of nitrogens with one attached hydrogen (secondary N) is 1. The zero-order chi connectivity index (χ0) is 14.7. The molecule has 0 atom stereocenters. The summed E-state index contributed by atoms with van der Waals surface area (Å²) < 4.78 is 1.66. The molecule has 1 N–H and O–H groups in total. The van der Waals surface area contributed by atoms with E-state index in [-0.39, 0.29) is 0 Å². The quantitative estimate of drug-likeness (QED) is 0.798. The standard InChI is InChI=1S/C16H17N5/c1-12-6-5-7-13(2)14(12)10-17-15-8-3-4-9-16(15)21-11-18-19-20-21/h3-9,11,17H,10H2,1-2H3. The molecule has 0 bridgehead atoms. The molecule has 0 saturated carbocycles. The van der Waals surface area contributed by atoms with Gasteiger partial charge in [-0.25, -0.2) is 0 Å². The molecule has 1 heterocycles. The van der Waals surface area contributed by atoms with Crippen LogP contribution in [0.2, 0.25) is 0 Å². The number of aromatic nitrogens is 4. The maximum Gasteiger partial charge on any atom is 0.143 e. The summed E-state index contributed by atoms with van der Waals surface area (Å²) >= 11 is 0. The lowest BCUT2D eigenvalue weighted by Crippen LogP contribution is -2.07. The van der Waals surface area contributed by atoms with Crippen molar-refractivity contribution >= 4 is 5.69 Å². The van der Waals surface area contributed by atoms with Gasteiger partial charge in [-0.1, -0.05) is 30.3 Å². The topological polar surface area (TPSA) is 55.6 Å². The van der Waals surface area contributed by atoms with Crippen molar-refractivity contribution in [1.82, 2.24) is 20.2 Å². The van der Waals surface area contributed by atoms with Crippen LogP contribution in [0.3, 0.4) is 0 Å². The first-order valence-electron chi connectivity index (χ1n) is 6.87. The zero-order valence-corrected chi connectivity index (χ0v) is 12.1. The van der Waals surface area contributed by atoms with Crippen LogP contribution in [0.5, 0.6) is 0 Å². The number of anilines is 1. The van der Waals surface area contributed by atoms with Crippen LogP contribution in [-0.2, 0) is 6.54 Å². The largest absolute Gasteiger partial charge is 0.379 e. The summed E-state index contributed by atoms with van der Waals surface area (Å²) in [7, 11) is 0. The third kappa shape index (κ3) is 2.76. The summed E-state index contributed by atoms with van der Waals surface area (Å²) in [6, 6.07) is 14.4. The highest BCUT2D eigenvalue weighted by atomic mass is 15.5. The predicted molar refractivity (Wildman–Crippen MR) is 82.4 cm³/mol. The van der Waals surface area contributed by atoms with E-state index in [4.69, 9.17) is 0 Å². The first-order valence-corrected chi connectivity index (χ1v) is 6.87. The molecule has 5 heteroatoms. The lowest BCUT2D eigenvalue weighted by Gasteiger charge is -2.14. The Morgan fingerprint density at radius 1 is 1.00 bits per heavy atom. The fraction of sp³-hybridized carbons (Fsp3) is 0.188. The number of tetrazole rings is 1. The minimum absolute atomic E-state index is 0.775. The minimum Gasteiger partial charge on any atom is -0.379 e. The number of nitrogens with zero attached hydrogens (tertiary/aromatic N) is 4. The number of para-hydroxylation sites is 2. The Bertz CT molecular complexity index is 714. The van der Waals surface area contributed by atoms with E-state index >= 15 is 0 Å². The van der Waals surface area contributed by atoms with Crippen molar-refractivity contribution in [2.45, 2.75) is 20.4 Å².